The molecule has 0 aliphatic carbocycles. The van der Waals surface area contributed by atoms with Crippen LogP contribution >= 0.6 is 15.9 Å². The van der Waals surface area contributed by atoms with Crippen LogP contribution in [0.4, 0.5) is 0 Å². The van der Waals surface area contributed by atoms with E-state index >= 15 is 0 Å². The number of rotatable bonds is 1. The maximum Gasteiger partial charge on any atom is 0.257 e. The van der Waals surface area contributed by atoms with Crippen molar-refractivity contribution in [3.8, 4) is 5.75 Å². The van der Waals surface area contributed by atoms with Crippen LogP contribution in [0.3, 0.4) is 0 Å². The second kappa shape index (κ2) is 4.87. The predicted molar refractivity (Wildman–Crippen MR) is 65.6 cm³/mol. The molecule has 1 heterocycles. The number of benzene rings is 1. The highest BCUT2D eigenvalue weighted by atomic mass is 79.9. The third-order valence-corrected chi connectivity index (χ3v) is 3.33. The average Bonchev–Trinajstić information content (AvgIpc) is 2.32. The van der Waals surface area contributed by atoms with Crippen molar-refractivity contribution < 1.29 is 9.90 Å². The lowest BCUT2D eigenvalue weighted by Crippen LogP contribution is -2.35. The molecule has 2 rings (SSSR count). The van der Waals surface area contributed by atoms with E-state index in [4.69, 9.17) is 0 Å². The number of phenols is 1. The summed E-state index contributed by atoms with van der Waals surface area (Å²) >= 11 is 3.31. The van der Waals surface area contributed by atoms with Gasteiger partial charge in [0.2, 0.25) is 0 Å². The zero-order valence-corrected chi connectivity index (χ0v) is 10.5. The van der Waals surface area contributed by atoms with E-state index in [1.54, 1.807) is 18.2 Å². The maximum atomic E-state index is 12.1. The van der Waals surface area contributed by atoms with Crippen LogP contribution in [0.5, 0.6) is 5.75 Å². The SMILES string of the molecule is O=C(c1cc(Br)ccc1O)N1CCCCC1. The minimum absolute atomic E-state index is 0.0544. The average molecular weight is 284 g/mol. The lowest BCUT2D eigenvalue weighted by Gasteiger charge is -2.27. The van der Waals surface area contributed by atoms with E-state index in [1.807, 2.05) is 4.90 Å². The van der Waals surface area contributed by atoms with Crippen molar-refractivity contribution in [1.29, 1.82) is 0 Å². The molecular formula is C12H14BrNO2. The Morgan fingerprint density at radius 2 is 1.94 bits per heavy atom. The fourth-order valence-corrected chi connectivity index (χ4v) is 2.31. The van der Waals surface area contributed by atoms with Crippen LogP contribution in [0.25, 0.3) is 0 Å². The van der Waals surface area contributed by atoms with Gasteiger partial charge in [0.1, 0.15) is 5.75 Å². The Hall–Kier alpha value is -1.03. The summed E-state index contributed by atoms with van der Waals surface area (Å²) in [7, 11) is 0. The molecule has 0 aromatic heterocycles. The summed E-state index contributed by atoms with van der Waals surface area (Å²) in [6, 6.07) is 4.94. The standard InChI is InChI=1S/C12H14BrNO2/c13-9-4-5-11(15)10(8-9)12(16)14-6-2-1-3-7-14/h4-5,8,15H,1-3,6-7H2. The highest BCUT2D eigenvalue weighted by molar-refractivity contribution is 9.10. The third kappa shape index (κ3) is 2.38. The molecule has 1 fully saturated rings. The molecule has 1 aromatic rings. The molecule has 4 heteroatoms. The van der Waals surface area contributed by atoms with Crippen molar-refractivity contribution in [3.63, 3.8) is 0 Å². The Morgan fingerprint density at radius 1 is 1.25 bits per heavy atom. The van der Waals surface area contributed by atoms with Crippen LogP contribution in [0.2, 0.25) is 0 Å². The van der Waals surface area contributed by atoms with Gasteiger partial charge in [-0.2, -0.15) is 0 Å². The Bertz CT molecular complexity index is 400. The summed E-state index contributed by atoms with van der Waals surface area (Å²) in [6.45, 7) is 1.59. The molecule has 0 atom stereocenters. The number of piperidine rings is 1. The highest BCUT2D eigenvalue weighted by Gasteiger charge is 2.20. The minimum atomic E-state index is -0.0708. The minimum Gasteiger partial charge on any atom is -0.507 e. The van der Waals surface area contributed by atoms with E-state index in [2.05, 4.69) is 15.9 Å². The van der Waals surface area contributed by atoms with Gasteiger partial charge in [-0.25, -0.2) is 0 Å². The number of nitrogens with zero attached hydrogens (tertiary/aromatic N) is 1. The molecule has 1 amide bonds. The summed E-state index contributed by atoms with van der Waals surface area (Å²) in [5.74, 6) is -0.0164. The summed E-state index contributed by atoms with van der Waals surface area (Å²) in [4.78, 5) is 13.9. The predicted octanol–water partition coefficient (Wildman–Crippen LogP) is 2.78. The largest absolute Gasteiger partial charge is 0.507 e. The van der Waals surface area contributed by atoms with Gasteiger partial charge < -0.3 is 10.0 Å². The van der Waals surface area contributed by atoms with Crippen molar-refractivity contribution >= 4 is 21.8 Å². The summed E-state index contributed by atoms with van der Waals surface area (Å²) in [6.07, 6.45) is 3.30. The number of phenolic OH excluding ortho intramolecular Hbond substituents is 1. The first-order valence-electron chi connectivity index (χ1n) is 5.46. The zero-order valence-electron chi connectivity index (χ0n) is 8.95. The Labute approximate surface area is 103 Å². The third-order valence-electron chi connectivity index (χ3n) is 2.83. The summed E-state index contributed by atoms with van der Waals surface area (Å²) < 4.78 is 0.811. The van der Waals surface area contributed by atoms with Crippen molar-refractivity contribution in [2.24, 2.45) is 0 Å². The second-order valence-electron chi connectivity index (χ2n) is 4.01. The van der Waals surface area contributed by atoms with Crippen LogP contribution in [0, 0.1) is 0 Å². The Morgan fingerprint density at radius 3 is 2.62 bits per heavy atom. The van der Waals surface area contributed by atoms with Gasteiger partial charge in [-0.1, -0.05) is 15.9 Å². The van der Waals surface area contributed by atoms with Gasteiger partial charge in [-0.15, -0.1) is 0 Å². The molecule has 0 bridgehead atoms. The van der Waals surface area contributed by atoms with E-state index in [0.717, 1.165) is 30.4 Å². The first-order valence-corrected chi connectivity index (χ1v) is 6.25. The molecule has 1 aliphatic rings. The first kappa shape index (κ1) is 11.5. The molecule has 0 radical (unpaired) electrons. The molecule has 16 heavy (non-hydrogen) atoms. The van der Waals surface area contributed by atoms with Crippen molar-refractivity contribution in [3.05, 3.63) is 28.2 Å². The van der Waals surface area contributed by atoms with Gasteiger partial charge in [0, 0.05) is 17.6 Å². The van der Waals surface area contributed by atoms with E-state index in [9.17, 15) is 9.90 Å². The molecule has 1 N–H and O–H groups in total. The number of hydrogen-bond donors (Lipinski definition) is 1. The van der Waals surface area contributed by atoms with E-state index in [1.165, 1.54) is 6.42 Å². The first-order chi connectivity index (χ1) is 7.68. The quantitative estimate of drug-likeness (QED) is 0.861. The van der Waals surface area contributed by atoms with Crippen molar-refractivity contribution in [1.82, 2.24) is 4.90 Å². The number of halogens is 1. The van der Waals surface area contributed by atoms with E-state index in [-0.39, 0.29) is 11.7 Å². The molecule has 0 unspecified atom stereocenters. The maximum absolute atomic E-state index is 12.1. The van der Waals surface area contributed by atoms with Crippen LogP contribution in [0.15, 0.2) is 22.7 Å². The van der Waals surface area contributed by atoms with Crippen molar-refractivity contribution in [2.45, 2.75) is 19.3 Å². The molecular weight excluding hydrogens is 270 g/mol. The van der Waals surface area contributed by atoms with Crippen molar-refractivity contribution in [2.75, 3.05) is 13.1 Å². The van der Waals surface area contributed by atoms with E-state index in [0.29, 0.717) is 5.56 Å². The topological polar surface area (TPSA) is 40.5 Å². The Balaban J connectivity index is 2.22. The lowest BCUT2D eigenvalue weighted by molar-refractivity contribution is 0.0721. The Kier molecular flexibility index (Phi) is 3.49. The molecule has 3 nitrogen and oxygen atoms in total. The number of carbonyl (C=O) groups is 1. The van der Waals surface area contributed by atoms with Gasteiger partial charge in [0.15, 0.2) is 0 Å². The van der Waals surface area contributed by atoms with Gasteiger partial charge in [0.25, 0.3) is 5.91 Å². The lowest BCUT2D eigenvalue weighted by atomic mass is 10.1. The number of amides is 1. The molecule has 1 saturated heterocycles. The number of hydrogen-bond acceptors (Lipinski definition) is 2. The van der Waals surface area contributed by atoms with Gasteiger partial charge in [-0.3, -0.25) is 4.79 Å². The van der Waals surface area contributed by atoms with Gasteiger partial charge in [0.05, 0.1) is 5.56 Å². The van der Waals surface area contributed by atoms with Crippen LogP contribution in [-0.4, -0.2) is 29.0 Å². The molecule has 1 aromatic carbocycles. The summed E-state index contributed by atoms with van der Waals surface area (Å²) in [5.41, 5.74) is 0.385. The highest BCUT2D eigenvalue weighted by Crippen LogP contribution is 2.24. The molecule has 0 spiro atoms. The molecule has 86 valence electrons. The van der Waals surface area contributed by atoms with Gasteiger partial charge >= 0.3 is 0 Å². The van der Waals surface area contributed by atoms with E-state index < -0.39 is 0 Å². The van der Waals surface area contributed by atoms with Crippen LogP contribution < -0.4 is 0 Å². The van der Waals surface area contributed by atoms with Crippen LogP contribution in [-0.2, 0) is 0 Å². The smallest absolute Gasteiger partial charge is 0.257 e. The summed E-state index contributed by atoms with van der Waals surface area (Å²) in [5, 5.41) is 9.67. The zero-order chi connectivity index (χ0) is 11.5. The second-order valence-corrected chi connectivity index (χ2v) is 4.93. The fourth-order valence-electron chi connectivity index (χ4n) is 1.95. The number of likely N-dealkylation sites (tertiary alicyclic amines) is 1. The number of aromatic hydroxyl groups is 1. The monoisotopic (exact) mass is 283 g/mol. The van der Waals surface area contributed by atoms with Gasteiger partial charge in [-0.05, 0) is 37.5 Å². The molecule has 1 aliphatic heterocycles. The fraction of sp³-hybridized carbons (Fsp3) is 0.417. The molecule has 0 saturated carbocycles. The normalized spacial score (nSPS) is 16.2. The van der Waals surface area contributed by atoms with Crippen LogP contribution in [0.1, 0.15) is 29.6 Å². The number of carbonyl (C=O) groups excluding carboxylic acids is 1.